The summed E-state index contributed by atoms with van der Waals surface area (Å²) in [5, 5.41) is 18.4. The summed E-state index contributed by atoms with van der Waals surface area (Å²) >= 11 is 0. The molecule has 3 fully saturated rings. The normalized spacial score (nSPS) is 24.5. The molecular formula is C31H30FN5O4. The number of imidazole rings is 1. The highest BCUT2D eigenvalue weighted by molar-refractivity contribution is 5.94. The van der Waals surface area contributed by atoms with Gasteiger partial charge in [0.25, 0.3) is 0 Å². The minimum Gasteiger partial charge on any atom is -0.478 e. The van der Waals surface area contributed by atoms with Crippen molar-refractivity contribution < 1.29 is 23.8 Å². The molecule has 41 heavy (non-hydrogen) atoms. The fourth-order valence-corrected chi connectivity index (χ4v) is 6.49. The van der Waals surface area contributed by atoms with Crippen molar-refractivity contribution in [3.05, 3.63) is 81.8 Å². The predicted octanol–water partition coefficient (Wildman–Crippen LogP) is 3.84. The Labute approximate surface area is 236 Å². The van der Waals surface area contributed by atoms with E-state index < -0.39 is 11.8 Å². The lowest BCUT2D eigenvalue weighted by Gasteiger charge is -2.32. The number of aromatic nitrogens is 3. The van der Waals surface area contributed by atoms with E-state index in [4.69, 9.17) is 24.7 Å². The molecule has 9 nitrogen and oxygen atoms in total. The molecule has 7 rings (SSSR count). The van der Waals surface area contributed by atoms with E-state index in [1.165, 1.54) is 6.07 Å². The maximum atomic E-state index is 14.3. The van der Waals surface area contributed by atoms with E-state index in [0.29, 0.717) is 35.9 Å². The number of carboxylic acid groups (broad SMARTS) is 1. The second-order valence-electron chi connectivity index (χ2n) is 11.5. The van der Waals surface area contributed by atoms with Gasteiger partial charge in [0.05, 0.1) is 42.2 Å². The first-order valence-corrected chi connectivity index (χ1v) is 14.1. The van der Waals surface area contributed by atoms with Gasteiger partial charge in [0.1, 0.15) is 18.2 Å². The lowest BCUT2D eigenvalue weighted by atomic mass is 9.91. The van der Waals surface area contributed by atoms with Crippen LogP contribution >= 0.6 is 0 Å². The van der Waals surface area contributed by atoms with Crippen molar-refractivity contribution in [2.45, 2.75) is 56.9 Å². The highest BCUT2D eigenvalue weighted by Gasteiger charge is 2.58. The van der Waals surface area contributed by atoms with Gasteiger partial charge in [0, 0.05) is 47.9 Å². The topological polar surface area (TPSA) is 114 Å². The number of nitriles is 1. The van der Waals surface area contributed by atoms with Crippen LogP contribution in [0.3, 0.4) is 0 Å². The van der Waals surface area contributed by atoms with Gasteiger partial charge in [-0.25, -0.2) is 19.2 Å². The molecule has 2 aliphatic heterocycles. The summed E-state index contributed by atoms with van der Waals surface area (Å²) in [5.41, 5.74) is 3.86. The highest BCUT2D eigenvalue weighted by atomic mass is 19.1. The molecular weight excluding hydrogens is 525 g/mol. The van der Waals surface area contributed by atoms with Gasteiger partial charge in [-0.05, 0) is 56.0 Å². The predicted molar refractivity (Wildman–Crippen MR) is 145 cm³/mol. The van der Waals surface area contributed by atoms with Crippen LogP contribution < -0.4 is 4.74 Å². The summed E-state index contributed by atoms with van der Waals surface area (Å²) in [6.07, 6.45) is 5.32. The molecule has 210 valence electrons. The molecule has 2 aromatic heterocycles. The Morgan fingerprint density at radius 2 is 2.17 bits per heavy atom. The molecule has 3 aromatic rings. The Balaban J connectivity index is 1.02. The van der Waals surface area contributed by atoms with Crippen LogP contribution in [0.1, 0.15) is 53.3 Å². The van der Waals surface area contributed by atoms with E-state index in [2.05, 4.69) is 15.5 Å². The third-order valence-corrected chi connectivity index (χ3v) is 9.05. The maximum Gasteiger partial charge on any atom is 0.332 e. The van der Waals surface area contributed by atoms with E-state index >= 15 is 0 Å². The Morgan fingerprint density at radius 1 is 1.29 bits per heavy atom. The molecule has 0 bridgehead atoms. The van der Waals surface area contributed by atoms with E-state index in [1.54, 1.807) is 24.3 Å². The highest BCUT2D eigenvalue weighted by Crippen LogP contribution is 2.59. The van der Waals surface area contributed by atoms with Crippen molar-refractivity contribution in [1.82, 2.24) is 19.4 Å². The fraction of sp³-hybridized carbons (Fsp3) is 0.419. The second kappa shape index (κ2) is 10.1. The fourth-order valence-electron chi connectivity index (χ4n) is 6.49. The SMILES string of the molecule is N#Cc1ccc(COc2cccc([C@]34CCN(Cc5nc6c(n5C[C@@H]5CCO5)CC(C(=O)O)=C6)C[C@H]3C4)n2)c(F)c1. The number of hydrogen-bond donors (Lipinski definition) is 1. The molecule has 4 aliphatic rings. The molecule has 1 saturated carbocycles. The Bertz CT molecular complexity index is 1610. The number of nitrogens with zero attached hydrogens (tertiary/aromatic N) is 5. The van der Waals surface area contributed by atoms with Crippen LogP contribution in [-0.4, -0.2) is 56.3 Å². The lowest BCUT2D eigenvalue weighted by molar-refractivity contribution is -0.132. The number of rotatable bonds is 9. The second-order valence-corrected chi connectivity index (χ2v) is 11.5. The number of halogens is 1. The number of aliphatic carboxylic acids is 1. The quantitative estimate of drug-likeness (QED) is 0.424. The van der Waals surface area contributed by atoms with Gasteiger partial charge in [-0.15, -0.1) is 0 Å². The number of carboxylic acids is 1. The van der Waals surface area contributed by atoms with Crippen LogP contribution in [-0.2, 0) is 41.1 Å². The number of fused-ring (bicyclic) bond motifs is 2. The molecule has 2 aliphatic carbocycles. The molecule has 3 atom stereocenters. The minimum absolute atomic E-state index is 0.0334. The standard InChI is InChI=1S/C31H30FN5O4/c32-24-10-19(14-33)4-5-20(24)18-41-29-3-1-2-27(35-29)31-7-8-36(15-22(31)13-31)17-28-34-25-11-21(30(38)39)12-26(25)37(28)16-23-6-9-40-23/h1-5,10-11,22-23H,6-9,12-13,15-18H2,(H,38,39)/t22-,23+,31+/m1/s1. The van der Waals surface area contributed by atoms with Gasteiger partial charge in [0.15, 0.2) is 0 Å². The zero-order valence-electron chi connectivity index (χ0n) is 22.6. The van der Waals surface area contributed by atoms with Crippen LogP contribution in [0.25, 0.3) is 6.08 Å². The summed E-state index contributed by atoms with van der Waals surface area (Å²) in [5.74, 6) is 0.582. The smallest absolute Gasteiger partial charge is 0.332 e. The third kappa shape index (κ3) is 4.79. The largest absolute Gasteiger partial charge is 0.478 e. The average Bonchev–Trinajstić information content (AvgIpc) is 3.40. The van der Waals surface area contributed by atoms with Crippen molar-refractivity contribution in [3.8, 4) is 11.9 Å². The van der Waals surface area contributed by atoms with E-state index in [0.717, 1.165) is 68.4 Å². The third-order valence-electron chi connectivity index (χ3n) is 9.05. The molecule has 2 saturated heterocycles. The number of carbonyl (C=O) groups is 1. The molecule has 4 heterocycles. The van der Waals surface area contributed by atoms with Crippen molar-refractivity contribution in [3.63, 3.8) is 0 Å². The van der Waals surface area contributed by atoms with Gasteiger partial charge in [-0.3, -0.25) is 4.90 Å². The van der Waals surface area contributed by atoms with Crippen molar-refractivity contribution in [2.24, 2.45) is 5.92 Å². The summed E-state index contributed by atoms with van der Waals surface area (Å²) in [6.45, 7) is 4.10. The number of pyridine rings is 1. The zero-order valence-corrected chi connectivity index (χ0v) is 22.6. The molecule has 1 N–H and O–H groups in total. The monoisotopic (exact) mass is 555 g/mol. The van der Waals surface area contributed by atoms with Crippen LogP contribution in [0.4, 0.5) is 4.39 Å². The van der Waals surface area contributed by atoms with Crippen molar-refractivity contribution >= 4 is 12.0 Å². The molecule has 1 aromatic carbocycles. The first kappa shape index (κ1) is 25.9. The number of likely N-dealkylation sites (tertiary alicyclic amines) is 1. The zero-order chi connectivity index (χ0) is 28.1. The maximum absolute atomic E-state index is 14.3. The van der Waals surface area contributed by atoms with Gasteiger partial charge in [-0.1, -0.05) is 12.1 Å². The minimum atomic E-state index is -0.887. The van der Waals surface area contributed by atoms with Crippen LogP contribution in [0.15, 0.2) is 42.0 Å². The van der Waals surface area contributed by atoms with E-state index in [9.17, 15) is 14.3 Å². The summed E-state index contributed by atoms with van der Waals surface area (Å²) < 4.78 is 28.0. The van der Waals surface area contributed by atoms with E-state index in [1.807, 2.05) is 12.1 Å². The average molecular weight is 556 g/mol. The molecule has 10 heteroatoms. The summed E-state index contributed by atoms with van der Waals surface area (Å²) in [6, 6.07) is 12.1. The van der Waals surface area contributed by atoms with Gasteiger partial charge >= 0.3 is 5.97 Å². The van der Waals surface area contributed by atoms with Gasteiger partial charge < -0.3 is 19.1 Å². The first-order chi connectivity index (χ1) is 19.9. The molecule has 0 radical (unpaired) electrons. The first-order valence-electron chi connectivity index (χ1n) is 14.1. The number of ether oxygens (including phenoxy) is 2. The van der Waals surface area contributed by atoms with Crippen molar-refractivity contribution in [2.75, 3.05) is 19.7 Å². The number of benzene rings is 1. The number of hydrogen-bond acceptors (Lipinski definition) is 7. The lowest BCUT2D eigenvalue weighted by Crippen LogP contribution is -2.38. The Hall–Kier alpha value is -4.07. The van der Waals surface area contributed by atoms with E-state index in [-0.39, 0.29) is 23.7 Å². The van der Waals surface area contributed by atoms with Gasteiger partial charge in [-0.2, -0.15) is 5.26 Å². The number of piperidine rings is 1. The Kier molecular flexibility index (Phi) is 6.36. The van der Waals surface area contributed by atoms with Gasteiger partial charge in [0.2, 0.25) is 5.88 Å². The van der Waals surface area contributed by atoms with Crippen LogP contribution in [0.2, 0.25) is 0 Å². The van der Waals surface area contributed by atoms with Crippen LogP contribution in [0.5, 0.6) is 5.88 Å². The molecule has 0 spiro atoms. The molecule has 0 amide bonds. The summed E-state index contributed by atoms with van der Waals surface area (Å²) in [4.78, 5) is 23.7. The Morgan fingerprint density at radius 3 is 2.90 bits per heavy atom. The summed E-state index contributed by atoms with van der Waals surface area (Å²) in [7, 11) is 0. The van der Waals surface area contributed by atoms with Crippen molar-refractivity contribution in [1.29, 1.82) is 5.26 Å². The van der Waals surface area contributed by atoms with Crippen LogP contribution in [0, 0.1) is 23.1 Å². The molecule has 0 unspecified atom stereocenters.